The number of halogens is 4. The monoisotopic (exact) mass is 402 g/mol. The van der Waals surface area contributed by atoms with Gasteiger partial charge in [-0.15, -0.1) is 13.2 Å². The molecule has 0 aliphatic carbocycles. The molecule has 24 heavy (non-hydrogen) atoms. The van der Waals surface area contributed by atoms with Gasteiger partial charge in [-0.2, -0.15) is 0 Å². The van der Waals surface area contributed by atoms with Gasteiger partial charge in [0.25, 0.3) is 0 Å². The Balaban J connectivity index is 1.67. The summed E-state index contributed by atoms with van der Waals surface area (Å²) in [6, 6.07) is 7.13. The highest BCUT2D eigenvalue weighted by Gasteiger charge is 2.31. The van der Waals surface area contributed by atoms with E-state index in [9.17, 15) is 13.2 Å². The fourth-order valence-corrected chi connectivity index (χ4v) is 2.32. The number of hydroxylamine groups is 1. The van der Waals surface area contributed by atoms with Crippen molar-refractivity contribution in [3.63, 3.8) is 0 Å². The van der Waals surface area contributed by atoms with Gasteiger partial charge in [-0.3, -0.25) is 9.82 Å². The van der Waals surface area contributed by atoms with Gasteiger partial charge in [0.05, 0.1) is 6.20 Å². The average molecular weight is 403 g/mol. The summed E-state index contributed by atoms with van der Waals surface area (Å²) in [5.74, 6) is 0.565. The summed E-state index contributed by atoms with van der Waals surface area (Å²) < 4.78 is 46.6. The standard InChI is InChI=1S/C15H10BrF3N2O3/c16-10-5-12(8-20-7-10)22-14-6-13(24-21-14)9-1-3-11(4-2-9)23-15(17,18)19/h1-8,13,21H/t13-/m1/s1. The Labute approximate surface area is 143 Å². The van der Waals surface area contributed by atoms with Crippen LogP contribution in [0.2, 0.25) is 0 Å². The summed E-state index contributed by atoms with van der Waals surface area (Å²) in [4.78, 5) is 9.30. The second-order valence-corrected chi connectivity index (χ2v) is 5.64. The molecule has 5 nitrogen and oxygen atoms in total. The van der Waals surface area contributed by atoms with E-state index >= 15 is 0 Å². The molecule has 0 radical (unpaired) electrons. The minimum Gasteiger partial charge on any atom is -0.438 e. The van der Waals surface area contributed by atoms with E-state index < -0.39 is 12.5 Å². The van der Waals surface area contributed by atoms with Crippen molar-refractivity contribution < 1.29 is 27.5 Å². The van der Waals surface area contributed by atoms with Gasteiger partial charge in [0.1, 0.15) is 17.6 Å². The minimum absolute atomic E-state index is 0.294. The number of hydrogen-bond acceptors (Lipinski definition) is 5. The van der Waals surface area contributed by atoms with E-state index in [1.165, 1.54) is 30.5 Å². The molecule has 1 atom stereocenters. The number of rotatable bonds is 4. The van der Waals surface area contributed by atoms with E-state index in [1.807, 2.05) is 0 Å². The van der Waals surface area contributed by atoms with Crippen LogP contribution in [0.25, 0.3) is 0 Å². The molecular weight excluding hydrogens is 393 g/mol. The number of nitrogens with zero attached hydrogens (tertiary/aromatic N) is 1. The van der Waals surface area contributed by atoms with Crippen molar-refractivity contribution in [1.29, 1.82) is 0 Å². The zero-order valence-corrected chi connectivity index (χ0v) is 13.5. The first-order valence-corrected chi connectivity index (χ1v) is 7.46. The van der Waals surface area contributed by atoms with E-state index in [0.29, 0.717) is 17.2 Å². The lowest BCUT2D eigenvalue weighted by molar-refractivity contribution is -0.274. The Morgan fingerprint density at radius 3 is 2.54 bits per heavy atom. The summed E-state index contributed by atoms with van der Waals surface area (Å²) in [7, 11) is 0. The molecule has 0 saturated carbocycles. The molecule has 1 aromatic carbocycles. The minimum atomic E-state index is -4.72. The Hall–Kier alpha value is -2.26. The van der Waals surface area contributed by atoms with Crippen LogP contribution in [0.1, 0.15) is 11.7 Å². The normalized spacial score (nSPS) is 17.2. The zero-order chi connectivity index (χ0) is 17.2. The number of aromatic nitrogens is 1. The van der Waals surface area contributed by atoms with Crippen LogP contribution in [0.4, 0.5) is 13.2 Å². The van der Waals surface area contributed by atoms with E-state index in [2.05, 4.69) is 31.1 Å². The summed E-state index contributed by atoms with van der Waals surface area (Å²) in [5, 5.41) is 0. The Morgan fingerprint density at radius 1 is 1.12 bits per heavy atom. The van der Waals surface area contributed by atoms with Crippen LogP contribution < -0.4 is 15.0 Å². The molecule has 0 saturated heterocycles. The second-order valence-electron chi connectivity index (χ2n) is 4.73. The van der Waals surface area contributed by atoms with Gasteiger partial charge >= 0.3 is 6.36 Å². The highest BCUT2D eigenvalue weighted by molar-refractivity contribution is 9.10. The molecule has 0 bridgehead atoms. The van der Waals surface area contributed by atoms with Crippen molar-refractivity contribution in [1.82, 2.24) is 10.5 Å². The molecule has 0 spiro atoms. The van der Waals surface area contributed by atoms with Crippen LogP contribution in [-0.2, 0) is 4.84 Å². The molecule has 0 unspecified atom stereocenters. The average Bonchev–Trinajstić information content (AvgIpc) is 2.95. The van der Waals surface area contributed by atoms with E-state index in [4.69, 9.17) is 9.57 Å². The van der Waals surface area contributed by atoms with Crippen LogP contribution in [0.15, 0.2) is 59.2 Å². The molecule has 1 aromatic heterocycles. The fourth-order valence-electron chi connectivity index (χ4n) is 1.98. The first kappa shape index (κ1) is 16.6. The van der Waals surface area contributed by atoms with Crippen molar-refractivity contribution in [2.75, 3.05) is 0 Å². The molecule has 0 fully saturated rings. The van der Waals surface area contributed by atoms with Crippen LogP contribution in [0.3, 0.4) is 0 Å². The number of pyridine rings is 1. The largest absolute Gasteiger partial charge is 0.573 e. The van der Waals surface area contributed by atoms with E-state index in [1.54, 1.807) is 18.3 Å². The molecule has 1 aliphatic rings. The number of hydrogen-bond donors (Lipinski definition) is 1. The molecule has 2 aromatic rings. The lowest BCUT2D eigenvalue weighted by atomic mass is 10.1. The molecule has 0 amide bonds. The third-order valence-electron chi connectivity index (χ3n) is 2.94. The number of ether oxygens (including phenoxy) is 2. The first-order valence-electron chi connectivity index (χ1n) is 6.67. The fraction of sp³-hybridized carbons (Fsp3) is 0.133. The van der Waals surface area contributed by atoms with Crippen LogP contribution in [0.5, 0.6) is 11.5 Å². The first-order chi connectivity index (χ1) is 11.4. The van der Waals surface area contributed by atoms with E-state index in [-0.39, 0.29) is 5.75 Å². The second kappa shape index (κ2) is 6.70. The van der Waals surface area contributed by atoms with Gasteiger partial charge < -0.3 is 9.47 Å². The predicted octanol–water partition coefficient (Wildman–Crippen LogP) is 4.24. The summed E-state index contributed by atoms with van der Waals surface area (Å²) in [5.41, 5.74) is 3.25. The highest BCUT2D eigenvalue weighted by Crippen LogP contribution is 2.29. The summed E-state index contributed by atoms with van der Waals surface area (Å²) in [6.45, 7) is 0. The molecule has 1 aliphatic heterocycles. The molecule has 1 N–H and O–H groups in total. The van der Waals surface area contributed by atoms with Gasteiger partial charge in [0.2, 0.25) is 5.88 Å². The van der Waals surface area contributed by atoms with Crippen molar-refractivity contribution in [2.24, 2.45) is 0 Å². The third-order valence-corrected chi connectivity index (χ3v) is 3.37. The number of nitrogens with one attached hydrogen (secondary N) is 1. The maximum atomic E-state index is 12.1. The van der Waals surface area contributed by atoms with Crippen LogP contribution in [-0.4, -0.2) is 11.3 Å². The highest BCUT2D eigenvalue weighted by atomic mass is 79.9. The van der Waals surface area contributed by atoms with Crippen molar-refractivity contribution in [3.8, 4) is 11.5 Å². The van der Waals surface area contributed by atoms with Gasteiger partial charge in [0.15, 0.2) is 0 Å². The quantitative estimate of drug-likeness (QED) is 0.828. The lowest BCUT2D eigenvalue weighted by Crippen LogP contribution is -2.17. The zero-order valence-electron chi connectivity index (χ0n) is 11.9. The predicted molar refractivity (Wildman–Crippen MR) is 80.7 cm³/mol. The Morgan fingerprint density at radius 2 is 1.88 bits per heavy atom. The van der Waals surface area contributed by atoms with Crippen molar-refractivity contribution in [2.45, 2.75) is 12.5 Å². The van der Waals surface area contributed by atoms with Gasteiger partial charge in [-0.25, -0.2) is 5.48 Å². The topological polar surface area (TPSA) is 52.6 Å². The maximum absolute atomic E-state index is 12.1. The number of benzene rings is 1. The molecular formula is C15H10BrF3N2O3. The third kappa shape index (κ3) is 4.39. The van der Waals surface area contributed by atoms with Crippen LogP contribution in [0, 0.1) is 0 Å². The van der Waals surface area contributed by atoms with Crippen LogP contribution >= 0.6 is 15.9 Å². The molecule has 9 heteroatoms. The summed E-state index contributed by atoms with van der Waals surface area (Å²) in [6.07, 6.45) is -0.413. The Kier molecular flexibility index (Phi) is 4.63. The maximum Gasteiger partial charge on any atom is 0.573 e. The van der Waals surface area contributed by atoms with Gasteiger partial charge in [-0.05, 0) is 39.7 Å². The number of alkyl halides is 3. The smallest absolute Gasteiger partial charge is 0.438 e. The summed E-state index contributed by atoms with van der Waals surface area (Å²) >= 11 is 3.28. The van der Waals surface area contributed by atoms with Crippen molar-refractivity contribution in [3.05, 3.63) is 64.7 Å². The molecule has 126 valence electrons. The van der Waals surface area contributed by atoms with Gasteiger partial charge in [0, 0.05) is 16.7 Å². The lowest BCUT2D eigenvalue weighted by Gasteiger charge is -2.11. The Bertz CT molecular complexity index is 750. The molecule has 2 heterocycles. The van der Waals surface area contributed by atoms with E-state index in [0.717, 1.165) is 4.47 Å². The molecule has 3 rings (SSSR count). The van der Waals surface area contributed by atoms with Crippen molar-refractivity contribution >= 4 is 15.9 Å². The SMILES string of the molecule is FC(F)(F)Oc1ccc([C@H]2C=C(Oc3cncc(Br)c3)NO2)cc1. The van der Waals surface area contributed by atoms with Gasteiger partial charge in [-0.1, -0.05) is 12.1 Å².